The standard InChI is InChI=1S/2C5H5.C4H8O.2CHF3O3S.Zr/c3*1-2-4-5-3-1;2*2-1(3,4)8(5,6)7;/h2*1-5H;1-4H2;2*(H,5,6,7);/q;;;;;+2/p-2. The summed E-state index contributed by atoms with van der Waals surface area (Å²) in [7, 11) is -12.2. The van der Waals surface area contributed by atoms with Gasteiger partial charge in [0.25, 0.3) is 0 Å². The molecule has 1 aliphatic heterocycles. The Labute approximate surface area is 201 Å². The van der Waals surface area contributed by atoms with Crippen LogP contribution in [0, 0.1) is 12.8 Å². The zero-order chi connectivity index (χ0) is 24.6. The third kappa shape index (κ3) is 22.4. The predicted octanol–water partition coefficient (Wildman–Crippen LogP) is 3.53. The maximum Gasteiger partial charge on any atom is 2.00 e. The van der Waals surface area contributed by atoms with Gasteiger partial charge in [-0.2, -0.15) is 26.3 Å². The maximum atomic E-state index is 10.7. The van der Waals surface area contributed by atoms with Gasteiger partial charge in [0.15, 0.2) is 20.2 Å². The summed E-state index contributed by atoms with van der Waals surface area (Å²) in [5, 5.41) is 0. The molecule has 0 aromatic rings. The Balaban J connectivity index is -0.000000330. The van der Waals surface area contributed by atoms with Gasteiger partial charge in [-0.05, 0) is 12.8 Å². The molecule has 0 spiro atoms. The molecule has 0 bridgehead atoms. The Morgan fingerprint density at radius 1 is 0.594 bits per heavy atom. The first-order chi connectivity index (χ1) is 14.0. The van der Waals surface area contributed by atoms with Crippen LogP contribution >= 0.6 is 0 Å². The number of alkyl halides is 6. The van der Waals surface area contributed by atoms with E-state index in [4.69, 9.17) is 30.7 Å². The molecule has 1 saturated heterocycles. The van der Waals surface area contributed by atoms with Gasteiger partial charge >= 0.3 is 37.2 Å². The molecular formula is C16H18F6O7S2Zr. The fraction of sp³-hybridized carbons (Fsp3) is 0.375. The first-order valence-corrected chi connectivity index (χ1v) is 10.8. The zero-order valence-electron chi connectivity index (χ0n) is 16.0. The van der Waals surface area contributed by atoms with E-state index in [2.05, 4.69) is 0 Å². The van der Waals surface area contributed by atoms with E-state index >= 15 is 0 Å². The summed E-state index contributed by atoms with van der Waals surface area (Å²) < 4.78 is 123. The van der Waals surface area contributed by atoms with Crippen LogP contribution in [0.4, 0.5) is 26.3 Å². The Morgan fingerprint density at radius 2 is 0.812 bits per heavy atom. The second-order valence-corrected chi connectivity index (χ2v) is 7.79. The maximum absolute atomic E-state index is 10.7. The molecule has 0 amide bonds. The minimum atomic E-state index is -6.09. The van der Waals surface area contributed by atoms with Gasteiger partial charge in [0.2, 0.25) is 0 Å². The van der Waals surface area contributed by atoms with Crippen molar-refractivity contribution in [1.82, 2.24) is 0 Å². The Hall–Kier alpha value is -0.797. The second-order valence-electron chi connectivity index (χ2n) is 5.04. The van der Waals surface area contributed by atoms with Gasteiger partial charge in [-0.3, -0.25) is 0 Å². The van der Waals surface area contributed by atoms with Crippen molar-refractivity contribution >= 4 is 20.2 Å². The van der Waals surface area contributed by atoms with E-state index < -0.39 is 31.3 Å². The molecule has 0 unspecified atom stereocenters. The largest absolute Gasteiger partial charge is 2.00 e. The van der Waals surface area contributed by atoms with Gasteiger partial charge < -0.3 is 13.8 Å². The van der Waals surface area contributed by atoms with Crippen LogP contribution in [0.2, 0.25) is 0 Å². The van der Waals surface area contributed by atoms with Gasteiger partial charge in [-0.1, -0.05) is 48.6 Å². The van der Waals surface area contributed by atoms with Crippen LogP contribution in [0.25, 0.3) is 0 Å². The quantitative estimate of drug-likeness (QED) is 0.240. The van der Waals surface area contributed by atoms with Crippen molar-refractivity contribution in [2.45, 2.75) is 23.9 Å². The van der Waals surface area contributed by atoms with Crippen molar-refractivity contribution < 1.29 is 83.2 Å². The fourth-order valence-electron chi connectivity index (χ4n) is 1.15. The van der Waals surface area contributed by atoms with E-state index in [0.29, 0.717) is 0 Å². The number of allylic oxidation sites excluding steroid dienone is 8. The Kier molecular flexibility index (Phi) is 19.7. The fourth-order valence-corrected chi connectivity index (χ4v) is 1.15. The monoisotopic (exact) mass is 590 g/mol. The molecule has 2 aliphatic carbocycles. The summed E-state index contributed by atoms with van der Waals surface area (Å²) >= 11 is 0. The molecule has 32 heavy (non-hydrogen) atoms. The third-order valence-corrected chi connectivity index (χ3v) is 3.64. The summed E-state index contributed by atoms with van der Waals surface area (Å²) in [6, 6.07) is 0. The molecule has 0 atom stereocenters. The van der Waals surface area contributed by atoms with Gasteiger partial charge in [0.1, 0.15) is 0 Å². The van der Waals surface area contributed by atoms with E-state index in [1.165, 1.54) is 12.8 Å². The minimum Gasteiger partial charge on any atom is -0.741 e. The number of halogens is 6. The van der Waals surface area contributed by atoms with Gasteiger partial charge in [-0.25, -0.2) is 16.8 Å². The van der Waals surface area contributed by atoms with Crippen LogP contribution in [0.3, 0.4) is 0 Å². The summed E-state index contributed by atoms with van der Waals surface area (Å²) in [5.74, 6) is 0. The third-order valence-electron chi connectivity index (χ3n) is 2.51. The van der Waals surface area contributed by atoms with E-state index in [9.17, 15) is 26.3 Å². The first-order valence-electron chi connectivity index (χ1n) is 7.95. The smallest absolute Gasteiger partial charge is 0.741 e. The van der Waals surface area contributed by atoms with Crippen LogP contribution in [-0.2, 0) is 51.2 Å². The van der Waals surface area contributed by atoms with Crippen molar-refractivity contribution in [3.05, 3.63) is 61.4 Å². The van der Waals surface area contributed by atoms with Crippen molar-refractivity contribution in [2.75, 3.05) is 13.2 Å². The van der Waals surface area contributed by atoms with Crippen LogP contribution < -0.4 is 0 Å². The normalized spacial score (nSPS) is 16.2. The first kappa shape index (κ1) is 35.8. The molecule has 0 aromatic heterocycles. The second kappa shape index (κ2) is 17.6. The van der Waals surface area contributed by atoms with Gasteiger partial charge in [0.05, 0.1) is 0 Å². The van der Waals surface area contributed by atoms with Crippen molar-refractivity contribution in [3.63, 3.8) is 0 Å². The number of rotatable bonds is 0. The SMILES string of the molecule is C1CCOC1.O=S(=O)([O-])C(F)(F)F.O=S(=O)([O-])C(F)(F)F.[CH]1C=CC=C1.[CH]1C=CC=C1.[Zr+2]. The number of hydrogen-bond acceptors (Lipinski definition) is 7. The predicted molar refractivity (Wildman–Crippen MR) is 96.7 cm³/mol. The molecule has 1 fully saturated rings. The van der Waals surface area contributed by atoms with E-state index in [1.807, 2.05) is 61.4 Å². The van der Waals surface area contributed by atoms with Crippen LogP contribution in [0.5, 0.6) is 0 Å². The molecule has 0 aromatic carbocycles. The van der Waals surface area contributed by atoms with Crippen molar-refractivity contribution in [2.24, 2.45) is 0 Å². The van der Waals surface area contributed by atoms with Gasteiger partial charge in [0, 0.05) is 26.1 Å². The summed E-state index contributed by atoms with van der Waals surface area (Å²) in [5.41, 5.74) is -11.3. The molecule has 7 nitrogen and oxygen atoms in total. The van der Waals surface area contributed by atoms with Crippen molar-refractivity contribution in [1.29, 1.82) is 0 Å². The van der Waals surface area contributed by atoms with E-state index in [-0.39, 0.29) is 26.2 Å². The molecule has 182 valence electrons. The molecule has 16 heteroatoms. The number of ether oxygens (including phenoxy) is 1. The molecular weight excluding hydrogens is 574 g/mol. The van der Waals surface area contributed by atoms with Crippen LogP contribution in [0.1, 0.15) is 12.8 Å². The van der Waals surface area contributed by atoms with E-state index in [0.717, 1.165) is 13.2 Å². The summed E-state index contributed by atoms with van der Waals surface area (Å²) in [4.78, 5) is 0. The average Bonchev–Trinajstić information content (AvgIpc) is 3.40. The topological polar surface area (TPSA) is 124 Å². The van der Waals surface area contributed by atoms with E-state index in [1.54, 1.807) is 0 Å². The van der Waals surface area contributed by atoms with Crippen molar-refractivity contribution in [3.8, 4) is 0 Å². The molecule has 0 N–H and O–H groups in total. The zero-order valence-corrected chi connectivity index (χ0v) is 20.1. The van der Waals surface area contributed by atoms with Gasteiger partial charge in [-0.15, -0.1) is 0 Å². The molecule has 0 saturated carbocycles. The summed E-state index contributed by atoms with van der Waals surface area (Å²) in [6.45, 7) is 2.00. The summed E-state index contributed by atoms with van der Waals surface area (Å²) in [6.07, 6.45) is 22.6. The Morgan fingerprint density at radius 3 is 0.875 bits per heavy atom. The Bertz CT molecular complexity index is 719. The molecule has 1 heterocycles. The average molecular weight is 592 g/mol. The number of hydrogen-bond donors (Lipinski definition) is 0. The molecule has 3 aliphatic rings. The van der Waals surface area contributed by atoms with Crippen LogP contribution in [-0.4, -0.2) is 50.2 Å². The minimum absolute atomic E-state index is 0. The molecule has 2 radical (unpaired) electrons. The molecule has 3 rings (SSSR count). The van der Waals surface area contributed by atoms with Crippen LogP contribution in [0.15, 0.2) is 48.6 Å².